The van der Waals surface area contributed by atoms with Gasteiger partial charge in [0.2, 0.25) is 0 Å². The first kappa shape index (κ1) is 20.0. The molecule has 0 fully saturated rings. The Morgan fingerprint density at radius 2 is 1.50 bits per heavy atom. The van der Waals surface area contributed by atoms with Gasteiger partial charge in [0.05, 0.1) is 18.0 Å². The first-order valence-corrected chi connectivity index (χ1v) is 9.77. The molecule has 2 aromatic heterocycles. The van der Waals surface area contributed by atoms with E-state index in [1.54, 1.807) is 0 Å². The molecule has 0 atom stereocenters. The van der Waals surface area contributed by atoms with Crippen LogP contribution in [0.5, 0.6) is 5.75 Å². The van der Waals surface area contributed by atoms with Gasteiger partial charge in [-0.25, -0.2) is 0 Å². The second-order valence-electron chi connectivity index (χ2n) is 6.78. The van der Waals surface area contributed by atoms with E-state index in [-0.39, 0.29) is 0 Å². The Kier molecular flexibility index (Phi) is 7.97. The highest BCUT2D eigenvalue weighted by Gasteiger charge is 2.10. The standard InChI is InChI=1S/C23H28N4O/c24-12-3-6-15-28-23-11-7-8-20(16-23)17-27(18-21-9-1-4-13-25-21)19-22-10-2-5-14-26-22/h1-2,4-5,7-11,13-14,16H,3,6,12,15,17-19,24H2. The zero-order valence-corrected chi connectivity index (χ0v) is 16.2. The smallest absolute Gasteiger partial charge is 0.119 e. The molecule has 0 spiro atoms. The predicted octanol–water partition coefficient (Wildman–Crippen LogP) is 3.80. The molecule has 0 aliphatic rings. The average Bonchev–Trinajstić information content (AvgIpc) is 2.73. The van der Waals surface area contributed by atoms with Crippen LogP contribution in [0.25, 0.3) is 0 Å². The van der Waals surface area contributed by atoms with Gasteiger partial charge in [-0.05, 0) is 61.3 Å². The molecule has 146 valence electrons. The molecule has 0 saturated carbocycles. The van der Waals surface area contributed by atoms with Gasteiger partial charge < -0.3 is 10.5 Å². The minimum Gasteiger partial charge on any atom is -0.494 e. The van der Waals surface area contributed by atoms with E-state index in [4.69, 9.17) is 10.5 Å². The summed E-state index contributed by atoms with van der Waals surface area (Å²) < 4.78 is 5.87. The van der Waals surface area contributed by atoms with E-state index in [0.29, 0.717) is 13.2 Å². The Balaban J connectivity index is 1.68. The average molecular weight is 377 g/mol. The molecule has 5 heteroatoms. The van der Waals surface area contributed by atoms with Crippen molar-refractivity contribution in [1.82, 2.24) is 14.9 Å². The van der Waals surface area contributed by atoms with Gasteiger partial charge in [-0.2, -0.15) is 0 Å². The lowest BCUT2D eigenvalue weighted by molar-refractivity contribution is 0.241. The van der Waals surface area contributed by atoms with Crippen molar-refractivity contribution >= 4 is 0 Å². The first-order chi connectivity index (χ1) is 13.8. The second kappa shape index (κ2) is 11.2. The van der Waals surface area contributed by atoms with Gasteiger partial charge in [0, 0.05) is 32.0 Å². The third-order valence-electron chi connectivity index (χ3n) is 4.40. The maximum Gasteiger partial charge on any atom is 0.119 e. The summed E-state index contributed by atoms with van der Waals surface area (Å²) in [5.41, 5.74) is 8.85. The number of aromatic nitrogens is 2. The summed E-state index contributed by atoms with van der Waals surface area (Å²) in [7, 11) is 0. The van der Waals surface area contributed by atoms with Crippen LogP contribution >= 0.6 is 0 Å². The van der Waals surface area contributed by atoms with Crippen LogP contribution in [-0.4, -0.2) is 28.0 Å². The normalized spacial score (nSPS) is 10.9. The Hall–Kier alpha value is -2.76. The highest BCUT2D eigenvalue weighted by Crippen LogP contribution is 2.17. The van der Waals surface area contributed by atoms with Gasteiger partial charge in [-0.3, -0.25) is 14.9 Å². The SMILES string of the molecule is NCCCCOc1cccc(CN(Cc2ccccn2)Cc2ccccn2)c1. The van der Waals surface area contributed by atoms with Crippen LogP contribution in [0.3, 0.4) is 0 Å². The Labute approximate surface area is 167 Å². The predicted molar refractivity (Wildman–Crippen MR) is 112 cm³/mol. The molecule has 3 rings (SSSR count). The van der Waals surface area contributed by atoms with Gasteiger partial charge in [0.25, 0.3) is 0 Å². The number of benzene rings is 1. The van der Waals surface area contributed by atoms with Crippen molar-refractivity contribution in [3.8, 4) is 5.75 Å². The van der Waals surface area contributed by atoms with E-state index in [1.807, 2.05) is 48.8 Å². The van der Waals surface area contributed by atoms with E-state index in [2.05, 4.69) is 39.1 Å². The lowest BCUT2D eigenvalue weighted by Crippen LogP contribution is -2.23. The summed E-state index contributed by atoms with van der Waals surface area (Å²) in [6.45, 7) is 3.73. The molecule has 0 aliphatic carbocycles. The van der Waals surface area contributed by atoms with Crippen LogP contribution in [0.15, 0.2) is 73.1 Å². The van der Waals surface area contributed by atoms with Crippen LogP contribution in [0, 0.1) is 0 Å². The van der Waals surface area contributed by atoms with Crippen molar-refractivity contribution in [1.29, 1.82) is 0 Å². The molecule has 0 unspecified atom stereocenters. The van der Waals surface area contributed by atoms with E-state index in [0.717, 1.165) is 49.6 Å². The summed E-state index contributed by atoms with van der Waals surface area (Å²) >= 11 is 0. The van der Waals surface area contributed by atoms with Crippen molar-refractivity contribution in [2.75, 3.05) is 13.2 Å². The van der Waals surface area contributed by atoms with Crippen molar-refractivity contribution < 1.29 is 4.74 Å². The molecule has 28 heavy (non-hydrogen) atoms. The minimum atomic E-state index is 0.701. The van der Waals surface area contributed by atoms with Crippen molar-refractivity contribution in [3.63, 3.8) is 0 Å². The number of rotatable bonds is 11. The third-order valence-corrected chi connectivity index (χ3v) is 4.40. The number of pyridine rings is 2. The van der Waals surface area contributed by atoms with Crippen LogP contribution in [0.4, 0.5) is 0 Å². The quantitative estimate of drug-likeness (QED) is 0.516. The van der Waals surface area contributed by atoms with Crippen LogP contribution in [0.1, 0.15) is 29.8 Å². The maximum atomic E-state index is 5.87. The number of unbranched alkanes of at least 4 members (excludes halogenated alkanes) is 1. The molecule has 3 aromatic rings. The van der Waals surface area contributed by atoms with Crippen LogP contribution in [-0.2, 0) is 19.6 Å². The second-order valence-corrected chi connectivity index (χ2v) is 6.78. The molecule has 5 nitrogen and oxygen atoms in total. The zero-order chi connectivity index (χ0) is 19.4. The maximum absolute atomic E-state index is 5.87. The zero-order valence-electron chi connectivity index (χ0n) is 16.2. The number of hydrogen-bond acceptors (Lipinski definition) is 5. The monoisotopic (exact) mass is 376 g/mol. The van der Waals surface area contributed by atoms with E-state index in [1.165, 1.54) is 5.56 Å². The minimum absolute atomic E-state index is 0.701. The van der Waals surface area contributed by atoms with E-state index < -0.39 is 0 Å². The lowest BCUT2D eigenvalue weighted by atomic mass is 10.2. The molecule has 0 bridgehead atoms. The fraction of sp³-hybridized carbons (Fsp3) is 0.304. The summed E-state index contributed by atoms with van der Waals surface area (Å²) in [6.07, 6.45) is 5.64. The Bertz CT molecular complexity index is 770. The highest BCUT2D eigenvalue weighted by atomic mass is 16.5. The van der Waals surface area contributed by atoms with Gasteiger partial charge in [0.1, 0.15) is 5.75 Å². The summed E-state index contributed by atoms with van der Waals surface area (Å²) in [5, 5.41) is 0. The van der Waals surface area contributed by atoms with Crippen molar-refractivity contribution in [3.05, 3.63) is 90.0 Å². The molecular weight excluding hydrogens is 348 g/mol. The number of nitrogens with zero attached hydrogens (tertiary/aromatic N) is 3. The molecular formula is C23H28N4O. The summed E-state index contributed by atoms with van der Waals surface area (Å²) in [6, 6.07) is 20.4. The molecule has 0 aliphatic heterocycles. The van der Waals surface area contributed by atoms with Gasteiger partial charge >= 0.3 is 0 Å². The van der Waals surface area contributed by atoms with Gasteiger partial charge in [-0.1, -0.05) is 24.3 Å². The summed E-state index contributed by atoms with van der Waals surface area (Å²) in [5.74, 6) is 0.908. The largest absolute Gasteiger partial charge is 0.494 e. The molecule has 0 saturated heterocycles. The fourth-order valence-electron chi connectivity index (χ4n) is 3.04. The molecule has 0 amide bonds. The lowest BCUT2D eigenvalue weighted by Gasteiger charge is -2.22. The van der Waals surface area contributed by atoms with E-state index >= 15 is 0 Å². The van der Waals surface area contributed by atoms with Crippen LogP contribution in [0.2, 0.25) is 0 Å². The Morgan fingerprint density at radius 1 is 0.786 bits per heavy atom. The van der Waals surface area contributed by atoms with Crippen molar-refractivity contribution in [2.24, 2.45) is 5.73 Å². The van der Waals surface area contributed by atoms with E-state index in [9.17, 15) is 0 Å². The molecule has 0 radical (unpaired) electrons. The van der Waals surface area contributed by atoms with Crippen molar-refractivity contribution in [2.45, 2.75) is 32.5 Å². The molecule has 1 aromatic carbocycles. The Morgan fingerprint density at radius 3 is 2.11 bits per heavy atom. The number of nitrogens with two attached hydrogens (primary N) is 1. The number of ether oxygens (including phenoxy) is 1. The van der Waals surface area contributed by atoms with Gasteiger partial charge in [-0.15, -0.1) is 0 Å². The molecule has 2 heterocycles. The molecule has 2 N–H and O–H groups in total. The highest BCUT2D eigenvalue weighted by molar-refractivity contribution is 5.28. The van der Waals surface area contributed by atoms with Gasteiger partial charge in [0.15, 0.2) is 0 Å². The third kappa shape index (κ3) is 6.76. The number of hydrogen-bond donors (Lipinski definition) is 1. The topological polar surface area (TPSA) is 64.3 Å². The fourth-order valence-corrected chi connectivity index (χ4v) is 3.04. The van der Waals surface area contributed by atoms with Crippen LogP contribution < -0.4 is 10.5 Å². The summed E-state index contributed by atoms with van der Waals surface area (Å²) in [4.78, 5) is 11.3. The first-order valence-electron chi connectivity index (χ1n) is 9.77.